The van der Waals surface area contributed by atoms with Crippen LogP contribution < -0.4 is 14.8 Å². The summed E-state index contributed by atoms with van der Waals surface area (Å²) in [5.74, 6) is 1.09. The number of ether oxygens (including phenoxy) is 2. The summed E-state index contributed by atoms with van der Waals surface area (Å²) >= 11 is 0. The molecule has 3 aromatic rings. The predicted molar refractivity (Wildman–Crippen MR) is 99.0 cm³/mol. The molecule has 5 rings (SSSR count). The molecule has 30 heavy (non-hydrogen) atoms. The lowest BCUT2D eigenvalue weighted by atomic mass is 9.99. The van der Waals surface area contributed by atoms with Gasteiger partial charge < -0.3 is 19.3 Å². The van der Waals surface area contributed by atoms with E-state index in [1.54, 1.807) is 24.3 Å². The topological polar surface area (TPSA) is 73.6 Å². The number of para-hydroxylation sites is 1. The Kier molecular flexibility index (Phi) is 4.02. The molecule has 1 fully saturated rings. The second-order valence-electron chi connectivity index (χ2n) is 7.22. The molecule has 0 spiro atoms. The highest BCUT2D eigenvalue weighted by Crippen LogP contribution is 2.50. The van der Waals surface area contributed by atoms with Gasteiger partial charge in [-0.15, -0.1) is 0 Å². The Balaban J connectivity index is 1.40. The average molecular weight is 416 g/mol. The Morgan fingerprint density at radius 2 is 1.80 bits per heavy atom. The number of hydrogen-bond donors (Lipinski definition) is 1. The second-order valence-corrected chi connectivity index (χ2v) is 7.22. The number of aromatic nitrogens is 1. The Hall–Kier alpha value is -3.49. The zero-order chi connectivity index (χ0) is 20.9. The summed E-state index contributed by atoms with van der Waals surface area (Å²) < 4.78 is 55.7. The van der Waals surface area contributed by atoms with E-state index in [-0.39, 0.29) is 12.5 Å². The highest BCUT2D eigenvalue weighted by Gasteiger charge is 2.54. The van der Waals surface area contributed by atoms with Gasteiger partial charge in [-0.3, -0.25) is 4.79 Å². The minimum atomic E-state index is -4.57. The maximum Gasteiger partial charge on any atom is 0.418 e. The smallest absolute Gasteiger partial charge is 0.418 e. The van der Waals surface area contributed by atoms with Gasteiger partial charge in [-0.05, 0) is 43.2 Å². The second kappa shape index (κ2) is 6.51. The molecule has 1 saturated carbocycles. The third-order valence-electron chi connectivity index (χ3n) is 5.32. The maximum atomic E-state index is 13.2. The Bertz CT molecular complexity index is 1140. The normalized spacial score (nSPS) is 16.4. The molecular formula is C21H15F3N2O4. The first-order chi connectivity index (χ1) is 14.4. The van der Waals surface area contributed by atoms with Crippen molar-refractivity contribution in [1.82, 2.24) is 5.16 Å². The number of nitrogens with zero attached hydrogens (tertiary/aromatic N) is 1. The molecule has 2 aromatic carbocycles. The van der Waals surface area contributed by atoms with Crippen molar-refractivity contribution in [2.45, 2.75) is 24.4 Å². The molecule has 0 bridgehead atoms. The number of hydrogen-bond acceptors (Lipinski definition) is 5. The monoisotopic (exact) mass is 416 g/mol. The maximum absolute atomic E-state index is 13.2. The number of anilines is 1. The van der Waals surface area contributed by atoms with Crippen LogP contribution in [0.25, 0.3) is 11.3 Å². The van der Waals surface area contributed by atoms with Crippen LogP contribution in [-0.2, 0) is 16.4 Å². The summed E-state index contributed by atoms with van der Waals surface area (Å²) in [7, 11) is 0. The van der Waals surface area contributed by atoms with Crippen LogP contribution in [0.5, 0.6) is 11.5 Å². The number of alkyl halides is 3. The van der Waals surface area contributed by atoms with Crippen LogP contribution in [0.3, 0.4) is 0 Å². The Morgan fingerprint density at radius 1 is 1.03 bits per heavy atom. The number of fused-ring (bicyclic) bond motifs is 1. The Labute approximate surface area is 168 Å². The molecule has 1 amide bonds. The summed E-state index contributed by atoms with van der Waals surface area (Å²) in [6.07, 6.45) is -3.62. The van der Waals surface area contributed by atoms with Crippen LogP contribution in [0.4, 0.5) is 18.9 Å². The minimum Gasteiger partial charge on any atom is -0.454 e. The molecule has 1 aromatic heterocycles. The molecule has 154 valence electrons. The van der Waals surface area contributed by atoms with Gasteiger partial charge in [-0.25, -0.2) is 0 Å². The van der Waals surface area contributed by atoms with Gasteiger partial charge in [0.25, 0.3) is 0 Å². The SMILES string of the molecule is O=C(Nc1ccccc1C(F)(F)F)C1(c2cc(-c3ccc4c(c3)OCO4)on2)CC1. The van der Waals surface area contributed by atoms with E-state index in [1.807, 2.05) is 0 Å². The van der Waals surface area contributed by atoms with Gasteiger partial charge in [0.15, 0.2) is 17.3 Å². The van der Waals surface area contributed by atoms with Crippen molar-refractivity contribution in [3.8, 4) is 22.8 Å². The zero-order valence-corrected chi connectivity index (χ0v) is 15.5. The third kappa shape index (κ3) is 3.06. The number of halogens is 3. The molecule has 0 atom stereocenters. The molecule has 9 heteroatoms. The molecular weight excluding hydrogens is 401 g/mol. The van der Waals surface area contributed by atoms with Gasteiger partial charge >= 0.3 is 6.18 Å². The summed E-state index contributed by atoms with van der Waals surface area (Å²) in [5.41, 5.74) is -1.10. The molecule has 0 saturated heterocycles. The molecule has 1 aliphatic heterocycles. The molecule has 0 radical (unpaired) electrons. The fourth-order valence-electron chi connectivity index (χ4n) is 3.49. The van der Waals surface area contributed by atoms with Crippen molar-refractivity contribution in [2.24, 2.45) is 0 Å². The zero-order valence-electron chi connectivity index (χ0n) is 15.5. The summed E-state index contributed by atoms with van der Waals surface area (Å²) in [5, 5.41) is 6.45. The van der Waals surface area contributed by atoms with Crippen molar-refractivity contribution in [1.29, 1.82) is 0 Å². The summed E-state index contributed by atoms with van der Waals surface area (Å²) in [4.78, 5) is 12.9. The highest BCUT2D eigenvalue weighted by molar-refractivity contribution is 6.01. The van der Waals surface area contributed by atoms with E-state index in [0.29, 0.717) is 41.4 Å². The standard InChI is InChI=1S/C21H15F3N2O4/c22-21(23,24)13-3-1-2-4-14(13)25-19(27)20(7-8-20)18-10-16(30-26-18)12-5-6-15-17(9-12)29-11-28-15/h1-6,9-10H,7-8,11H2,(H,25,27). The van der Waals surface area contributed by atoms with E-state index in [1.165, 1.54) is 18.2 Å². The van der Waals surface area contributed by atoms with Crippen LogP contribution in [0.2, 0.25) is 0 Å². The van der Waals surface area contributed by atoms with Gasteiger partial charge in [0, 0.05) is 11.6 Å². The van der Waals surface area contributed by atoms with Crippen molar-refractivity contribution >= 4 is 11.6 Å². The predicted octanol–water partition coefficient (Wildman–Crippen LogP) is 4.76. The van der Waals surface area contributed by atoms with E-state index in [9.17, 15) is 18.0 Å². The highest BCUT2D eigenvalue weighted by atomic mass is 19.4. The van der Waals surface area contributed by atoms with Crippen molar-refractivity contribution in [3.05, 3.63) is 59.8 Å². The first-order valence-electron chi connectivity index (χ1n) is 9.22. The number of benzene rings is 2. The van der Waals surface area contributed by atoms with Crippen molar-refractivity contribution < 1.29 is 32.0 Å². The fourth-order valence-corrected chi connectivity index (χ4v) is 3.49. The number of carbonyl (C=O) groups is 1. The largest absolute Gasteiger partial charge is 0.454 e. The Morgan fingerprint density at radius 3 is 2.57 bits per heavy atom. The number of carbonyl (C=O) groups excluding carboxylic acids is 1. The lowest BCUT2D eigenvalue weighted by Gasteiger charge is -2.16. The van der Waals surface area contributed by atoms with Gasteiger partial charge in [-0.2, -0.15) is 13.2 Å². The number of rotatable bonds is 4. The molecule has 2 heterocycles. The van der Waals surface area contributed by atoms with Gasteiger partial charge in [0.05, 0.1) is 22.4 Å². The van der Waals surface area contributed by atoms with Crippen molar-refractivity contribution in [3.63, 3.8) is 0 Å². The molecule has 2 aliphatic rings. The van der Waals surface area contributed by atoms with Crippen LogP contribution in [0, 0.1) is 0 Å². The van der Waals surface area contributed by atoms with Crippen molar-refractivity contribution in [2.75, 3.05) is 12.1 Å². The van der Waals surface area contributed by atoms with E-state index in [4.69, 9.17) is 14.0 Å². The van der Waals surface area contributed by atoms with Crippen LogP contribution >= 0.6 is 0 Å². The van der Waals surface area contributed by atoms with Crippen LogP contribution in [0.1, 0.15) is 24.1 Å². The molecule has 0 unspecified atom stereocenters. The summed E-state index contributed by atoms with van der Waals surface area (Å²) in [6, 6.07) is 11.8. The fraction of sp³-hybridized carbons (Fsp3) is 0.238. The number of amides is 1. The molecule has 1 aliphatic carbocycles. The van der Waals surface area contributed by atoms with E-state index >= 15 is 0 Å². The molecule has 6 nitrogen and oxygen atoms in total. The number of nitrogens with one attached hydrogen (secondary N) is 1. The first kappa shape index (κ1) is 18.5. The van der Waals surface area contributed by atoms with Crippen LogP contribution in [-0.4, -0.2) is 17.9 Å². The third-order valence-corrected chi connectivity index (χ3v) is 5.32. The quantitative estimate of drug-likeness (QED) is 0.664. The molecule has 1 N–H and O–H groups in total. The van der Waals surface area contributed by atoms with Crippen LogP contribution in [0.15, 0.2) is 53.1 Å². The lowest BCUT2D eigenvalue weighted by Crippen LogP contribution is -2.29. The average Bonchev–Trinajstić information content (AvgIpc) is 3.16. The first-order valence-corrected chi connectivity index (χ1v) is 9.22. The minimum absolute atomic E-state index is 0.142. The van der Waals surface area contributed by atoms with E-state index < -0.39 is 23.1 Å². The lowest BCUT2D eigenvalue weighted by molar-refractivity contribution is -0.137. The van der Waals surface area contributed by atoms with Gasteiger partial charge in [-0.1, -0.05) is 17.3 Å². The van der Waals surface area contributed by atoms with E-state index in [2.05, 4.69) is 10.5 Å². The van der Waals surface area contributed by atoms with E-state index in [0.717, 1.165) is 6.07 Å². The summed E-state index contributed by atoms with van der Waals surface area (Å²) in [6.45, 7) is 0.142. The van der Waals surface area contributed by atoms with Gasteiger partial charge in [0.2, 0.25) is 12.7 Å². The van der Waals surface area contributed by atoms with Gasteiger partial charge in [0.1, 0.15) is 0 Å².